The van der Waals surface area contributed by atoms with Gasteiger partial charge >= 0.3 is 6.03 Å². The van der Waals surface area contributed by atoms with Crippen LogP contribution in [0.4, 0.5) is 4.79 Å². The molecule has 2 atom stereocenters. The Labute approximate surface area is 149 Å². The van der Waals surface area contributed by atoms with Gasteiger partial charge in [-0.05, 0) is 61.6 Å². The first-order chi connectivity index (χ1) is 12.3. The van der Waals surface area contributed by atoms with Crippen LogP contribution in [-0.2, 0) is 11.2 Å². The number of nitrogens with one attached hydrogen (secondary N) is 1. The number of urea groups is 1. The van der Waals surface area contributed by atoms with Crippen molar-refractivity contribution in [2.24, 2.45) is 5.92 Å². The van der Waals surface area contributed by atoms with Gasteiger partial charge in [0.15, 0.2) is 0 Å². The molecule has 0 spiro atoms. The predicted octanol–water partition coefficient (Wildman–Crippen LogP) is 3.28. The second-order valence-corrected chi connectivity index (χ2v) is 7.44. The molecule has 2 aliphatic heterocycles. The fraction of sp³-hybridized carbons (Fsp3) is 0.650. The molecule has 2 heterocycles. The molecule has 1 aromatic rings. The van der Waals surface area contributed by atoms with E-state index in [9.17, 15) is 4.79 Å². The molecule has 2 amide bonds. The fourth-order valence-corrected chi connectivity index (χ4v) is 4.65. The van der Waals surface area contributed by atoms with Crippen LogP contribution in [0.1, 0.15) is 49.3 Å². The molecule has 1 aliphatic carbocycles. The molecule has 5 nitrogen and oxygen atoms in total. The average molecular weight is 344 g/mol. The van der Waals surface area contributed by atoms with Gasteiger partial charge in [-0.25, -0.2) is 4.79 Å². The Morgan fingerprint density at radius 1 is 1.24 bits per heavy atom. The van der Waals surface area contributed by atoms with Crippen molar-refractivity contribution in [3.8, 4) is 5.75 Å². The third-order valence-electron chi connectivity index (χ3n) is 6.06. The topological polar surface area (TPSA) is 50.8 Å². The number of carbonyl (C=O) groups is 1. The molecule has 136 valence electrons. The Kier molecular flexibility index (Phi) is 4.84. The van der Waals surface area contributed by atoms with E-state index in [0.29, 0.717) is 12.0 Å². The Balaban J connectivity index is 1.33. The SMILES string of the molecule is COc1cccc2c1CC[C@@H]2NC(=O)N1CCC([C@H]2CCCO2)CC1. The van der Waals surface area contributed by atoms with Crippen molar-refractivity contribution in [3.63, 3.8) is 0 Å². The average Bonchev–Trinajstić information content (AvgIpc) is 3.32. The lowest BCUT2D eigenvalue weighted by molar-refractivity contribution is 0.0370. The second-order valence-electron chi connectivity index (χ2n) is 7.44. The summed E-state index contributed by atoms with van der Waals surface area (Å²) in [6.45, 7) is 2.60. The molecule has 4 rings (SSSR count). The van der Waals surface area contributed by atoms with Crippen LogP contribution >= 0.6 is 0 Å². The summed E-state index contributed by atoms with van der Waals surface area (Å²) in [5.74, 6) is 1.56. The third kappa shape index (κ3) is 3.34. The molecule has 0 bridgehead atoms. The fourth-order valence-electron chi connectivity index (χ4n) is 4.65. The summed E-state index contributed by atoms with van der Waals surface area (Å²) < 4.78 is 11.3. The van der Waals surface area contributed by atoms with Crippen molar-refractivity contribution in [2.45, 2.75) is 50.7 Å². The van der Waals surface area contributed by atoms with E-state index < -0.39 is 0 Å². The molecule has 0 saturated carbocycles. The number of likely N-dealkylation sites (tertiary alicyclic amines) is 1. The number of nitrogens with zero attached hydrogens (tertiary/aromatic N) is 1. The lowest BCUT2D eigenvalue weighted by Crippen LogP contribution is -2.46. The van der Waals surface area contributed by atoms with E-state index in [4.69, 9.17) is 9.47 Å². The summed E-state index contributed by atoms with van der Waals surface area (Å²) in [6, 6.07) is 6.30. The van der Waals surface area contributed by atoms with Crippen molar-refractivity contribution in [2.75, 3.05) is 26.8 Å². The van der Waals surface area contributed by atoms with Gasteiger partial charge in [0.2, 0.25) is 0 Å². The van der Waals surface area contributed by atoms with E-state index in [1.54, 1.807) is 7.11 Å². The number of fused-ring (bicyclic) bond motifs is 1. The number of methoxy groups -OCH3 is 1. The number of rotatable bonds is 3. The summed E-state index contributed by atoms with van der Waals surface area (Å²) in [7, 11) is 1.71. The summed E-state index contributed by atoms with van der Waals surface area (Å²) in [5, 5.41) is 3.24. The molecule has 25 heavy (non-hydrogen) atoms. The standard InChI is InChI=1S/C20H28N2O3/c1-24-19-5-2-4-15-16(19)7-8-17(15)21-20(23)22-11-9-14(10-12-22)18-6-3-13-25-18/h2,4-5,14,17-18H,3,6-13H2,1H3,(H,21,23)/t17-,18+/m0/s1. The highest BCUT2D eigenvalue weighted by Crippen LogP contribution is 2.37. The van der Waals surface area contributed by atoms with Crippen LogP contribution in [0.2, 0.25) is 0 Å². The summed E-state index contributed by atoms with van der Waals surface area (Å²) in [4.78, 5) is 14.7. The van der Waals surface area contributed by atoms with E-state index in [2.05, 4.69) is 11.4 Å². The lowest BCUT2D eigenvalue weighted by Gasteiger charge is -2.35. The Hall–Kier alpha value is -1.75. The monoisotopic (exact) mass is 344 g/mol. The van der Waals surface area contributed by atoms with Crippen LogP contribution in [0, 0.1) is 5.92 Å². The van der Waals surface area contributed by atoms with E-state index in [0.717, 1.165) is 51.1 Å². The zero-order valence-electron chi connectivity index (χ0n) is 15.0. The zero-order valence-corrected chi connectivity index (χ0v) is 15.0. The van der Waals surface area contributed by atoms with Gasteiger partial charge in [-0.15, -0.1) is 0 Å². The summed E-state index contributed by atoms with van der Waals surface area (Å²) in [6.07, 6.45) is 6.85. The van der Waals surface area contributed by atoms with E-state index in [1.165, 1.54) is 24.0 Å². The Morgan fingerprint density at radius 3 is 2.80 bits per heavy atom. The number of hydrogen-bond acceptors (Lipinski definition) is 3. The number of carbonyl (C=O) groups excluding carboxylic acids is 1. The molecule has 1 aromatic carbocycles. The number of hydrogen-bond donors (Lipinski definition) is 1. The normalized spacial score (nSPS) is 26.5. The van der Waals surface area contributed by atoms with Gasteiger partial charge in [0.05, 0.1) is 19.3 Å². The Morgan fingerprint density at radius 2 is 2.08 bits per heavy atom. The second kappa shape index (κ2) is 7.24. The van der Waals surface area contributed by atoms with Crippen LogP contribution in [0.25, 0.3) is 0 Å². The van der Waals surface area contributed by atoms with Gasteiger partial charge in [-0.1, -0.05) is 12.1 Å². The van der Waals surface area contributed by atoms with Gasteiger partial charge in [0.25, 0.3) is 0 Å². The first kappa shape index (κ1) is 16.7. The van der Waals surface area contributed by atoms with Crippen molar-refractivity contribution in [3.05, 3.63) is 29.3 Å². The molecule has 0 aromatic heterocycles. The molecule has 0 unspecified atom stereocenters. The maximum atomic E-state index is 12.7. The zero-order chi connectivity index (χ0) is 17.2. The van der Waals surface area contributed by atoms with Crippen molar-refractivity contribution in [1.29, 1.82) is 0 Å². The van der Waals surface area contributed by atoms with Crippen LogP contribution < -0.4 is 10.1 Å². The van der Waals surface area contributed by atoms with Gasteiger partial charge < -0.3 is 19.7 Å². The minimum Gasteiger partial charge on any atom is -0.496 e. The van der Waals surface area contributed by atoms with Crippen molar-refractivity contribution < 1.29 is 14.3 Å². The molecular formula is C20H28N2O3. The minimum atomic E-state index is 0.0754. The predicted molar refractivity (Wildman–Crippen MR) is 95.9 cm³/mol. The highest BCUT2D eigenvalue weighted by Gasteiger charge is 2.32. The van der Waals surface area contributed by atoms with Gasteiger partial charge in [-0.2, -0.15) is 0 Å². The minimum absolute atomic E-state index is 0.0754. The van der Waals surface area contributed by atoms with E-state index in [-0.39, 0.29) is 12.1 Å². The third-order valence-corrected chi connectivity index (χ3v) is 6.06. The molecule has 3 aliphatic rings. The van der Waals surface area contributed by atoms with Crippen molar-refractivity contribution in [1.82, 2.24) is 10.2 Å². The van der Waals surface area contributed by atoms with Gasteiger partial charge in [0, 0.05) is 19.7 Å². The van der Waals surface area contributed by atoms with Crippen LogP contribution in [0.15, 0.2) is 18.2 Å². The summed E-state index contributed by atoms with van der Waals surface area (Å²) in [5.41, 5.74) is 2.45. The number of piperidine rings is 1. The Bertz CT molecular complexity index is 619. The highest BCUT2D eigenvalue weighted by molar-refractivity contribution is 5.75. The number of amides is 2. The van der Waals surface area contributed by atoms with Crippen LogP contribution in [0.5, 0.6) is 5.75 Å². The maximum absolute atomic E-state index is 12.7. The molecule has 0 radical (unpaired) electrons. The molecule has 2 fully saturated rings. The summed E-state index contributed by atoms with van der Waals surface area (Å²) >= 11 is 0. The van der Waals surface area contributed by atoms with Crippen molar-refractivity contribution >= 4 is 6.03 Å². The number of benzene rings is 1. The van der Waals surface area contributed by atoms with Crippen LogP contribution in [0.3, 0.4) is 0 Å². The quantitative estimate of drug-likeness (QED) is 0.915. The smallest absolute Gasteiger partial charge is 0.317 e. The largest absolute Gasteiger partial charge is 0.496 e. The van der Waals surface area contributed by atoms with Gasteiger partial charge in [-0.3, -0.25) is 0 Å². The van der Waals surface area contributed by atoms with Crippen LogP contribution in [-0.4, -0.2) is 43.8 Å². The molecule has 5 heteroatoms. The number of ether oxygens (including phenoxy) is 2. The highest BCUT2D eigenvalue weighted by atomic mass is 16.5. The molecular weight excluding hydrogens is 316 g/mol. The first-order valence-corrected chi connectivity index (χ1v) is 9.59. The lowest BCUT2D eigenvalue weighted by atomic mass is 9.90. The molecule has 1 N–H and O–H groups in total. The first-order valence-electron chi connectivity index (χ1n) is 9.59. The van der Waals surface area contributed by atoms with Gasteiger partial charge in [0.1, 0.15) is 5.75 Å². The van der Waals surface area contributed by atoms with E-state index in [1.807, 2.05) is 17.0 Å². The van der Waals surface area contributed by atoms with E-state index >= 15 is 0 Å². The molecule has 2 saturated heterocycles. The maximum Gasteiger partial charge on any atom is 0.317 e.